The molecule has 9 nitrogen and oxygen atoms in total. The summed E-state index contributed by atoms with van der Waals surface area (Å²) >= 11 is 0. The van der Waals surface area contributed by atoms with Crippen LogP contribution >= 0.6 is 0 Å². The number of ketones is 1. The summed E-state index contributed by atoms with van der Waals surface area (Å²) in [6.45, 7) is 7.52. The Kier molecular flexibility index (Phi) is 7.79. The number of rotatable bonds is 7. The van der Waals surface area contributed by atoms with Gasteiger partial charge in [0.25, 0.3) is 0 Å². The normalized spacial score (nSPS) is 38.1. The predicted molar refractivity (Wildman–Crippen MR) is 147 cm³/mol. The summed E-state index contributed by atoms with van der Waals surface area (Å²) in [5, 5.41) is 21.8. The molecule has 1 aliphatic heterocycles. The van der Waals surface area contributed by atoms with E-state index in [2.05, 4.69) is 6.92 Å². The number of carbonyl (C=O) groups is 3. The number of Topliss-reactive ketones (excluding diaryl/α,β-unsaturated/α-hetero) is 1. The van der Waals surface area contributed by atoms with E-state index in [1.165, 1.54) is 6.07 Å². The Morgan fingerprint density at radius 1 is 1.24 bits per heavy atom. The van der Waals surface area contributed by atoms with Crippen LogP contribution in [0.1, 0.15) is 78.2 Å². The lowest BCUT2D eigenvalue weighted by Crippen LogP contribution is -2.63. The minimum Gasteiger partial charge on any atom is -0.479 e. The number of fused-ring (bicyclic) bond motifs is 1. The summed E-state index contributed by atoms with van der Waals surface area (Å²) in [6, 6.07) is 2.96. The second kappa shape index (κ2) is 10.6. The van der Waals surface area contributed by atoms with Crippen LogP contribution in [0.2, 0.25) is 0 Å². The van der Waals surface area contributed by atoms with Crippen molar-refractivity contribution in [1.29, 1.82) is 0 Å². The highest BCUT2D eigenvalue weighted by molar-refractivity contribution is 6.61. The molecule has 8 atom stereocenters. The standard InChI is InChI=1S/C30H41BFNO8/c1-16-7-11-30-12-8-19(34)26(30)29(16,4)21(13-28(3,10-9-22(33)35)27(37)17(30)2)41-23(36)15-39-20-6-5-18-14-40-31(38)24(18)25(20)32/h5-6,16-17,21,26-27,37-38H,7-15H2,1-4H3,(H2,33,35)/t16-,17+,21-,26+,27+,28-,29+,30+/m1/s1. The molecule has 3 saturated carbocycles. The van der Waals surface area contributed by atoms with Crippen LogP contribution in [0.25, 0.3) is 0 Å². The van der Waals surface area contributed by atoms with E-state index in [-0.39, 0.29) is 48.3 Å². The van der Waals surface area contributed by atoms with Crippen LogP contribution in [0, 0.1) is 39.8 Å². The number of aliphatic hydroxyl groups excluding tert-OH is 1. The Morgan fingerprint density at radius 3 is 2.68 bits per heavy atom. The maximum absolute atomic E-state index is 15.0. The molecule has 1 aromatic rings. The van der Waals surface area contributed by atoms with Gasteiger partial charge in [-0.05, 0) is 66.4 Å². The third-order valence-corrected chi connectivity index (χ3v) is 11.3. The molecule has 0 spiro atoms. The first-order chi connectivity index (χ1) is 19.2. The Hall–Kier alpha value is -2.50. The molecule has 4 N–H and O–H groups in total. The highest BCUT2D eigenvalue weighted by Crippen LogP contribution is 2.68. The Bertz CT molecular complexity index is 1250. The predicted octanol–water partition coefficient (Wildman–Crippen LogP) is 2.41. The second-order valence-corrected chi connectivity index (χ2v) is 13.4. The van der Waals surface area contributed by atoms with E-state index in [1.54, 1.807) is 6.07 Å². The zero-order valence-corrected chi connectivity index (χ0v) is 24.3. The van der Waals surface area contributed by atoms with E-state index >= 15 is 4.39 Å². The van der Waals surface area contributed by atoms with Crippen molar-refractivity contribution in [2.45, 2.75) is 91.5 Å². The Balaban J connectivity index is 1.46. The molecule has 1 heterocycles. The number of benzene rings is 1. The van der Waals surface area contributed by atoms with Gasteiger partial charge in [0, 0.05) is 29.6 Å². The lowest BCUT2D eigenvalue weighted by atomic mass is 9.43. The molecular formula is C30H41BFNO8. The molecular weight excluding hydrogens is 532 g/mol. The number of esters is 1. The van der Waals surface area contributed by atoms with Gasteiger partial charge in [0.1, 0.15) is 11.9 Å². The topological polar surface area (TPSA) is 145 Å². The number of halogens is 1. The molecule has 11 heteroatoms. The first-order valence-electron chi connectivity index (χ1n) is 14.7. The van der Waals surface area contributed by atoms with Crippen molar-refractivity contribution in [3.63, 3.8) is 0 Å². The molecule has 3 fully saturated rings. The fraction of sp³-hybridized carbons (Fsp3) is 0.700. The lowest BCUT2D eigenvalue weighted by molar-refractivity contribution is -0.213. The summed E-state index contributed by atoms with van der Waals surface area (Å²) in [5.41, 5.74) is 4.03. The van der Waals surface area contributed by atoms with E-state index in [0.29, 0.717) is 24.8 Å². The molecule has 41 heavy (non-hydrogen) atoms. The van der Waals surface area contributed by atoms with Crippen LogP contribution in [-0.2, 0) is 30.4 Å². The third-order valence-electron chi connectivity index (χ3n) is 11.3. The van der Waals surface area contributed by atoms with Crippen molar-refractivity contribution in [2.75, 3.05) is 6.61 Å². The zero-order valence-electron chi connectivity index (χ0n) is 24.3. The lowest BCUT2D eigenvalue weighted by Gasteiger charge is -2.62. The number of primary amides is 1. The van der Waals surface area contributed by atoms with Crippen molar-refractivity contribution in [1.82, 2.24) is 0 Å². The number of carbonyl (C=O) groups excluding carboxylic acids is 3. The van der Waals surface area contributed by atoms with E-state index < -0.39 is 65.8 Å². The summed E-state index contributed by atoms with van der Waals surface area (Å²) in [7, 11) is -1.40. The summed E-state index contributed by atoms with van der Waals surface area (Å²) in [4.78, 5) is 38.7. The highest BCUT2D eigenvalue weighted by Gasteiger charge is 2.68. The highest BCUT2D eigenvalue weighted by atomic mass is 19.1. The van der Waals surface area contributed by atoms with Gasteiger partial charge in [0.15, 0.2) is 18.2 Å². The van der Waals surface area contributed by atoms with Gasteiger partial charge < -0.3 is 30.0 Å². The molecule has 0 unspecified atom stereocenters. The summed E-state index contributed by atoms with van der Waals surface area (Å²) < 4.78 is 31.8. The SMILES string of the molecule is C[C@@H]1CC[C@@]23CCC(=O)[C@H]2[C@]1(C)[C@H](OC(=O)COc1ccc2c(c1F)B(O)OC2)C[C@@](C)(CCC(N)=O)[C@@H](O)[C@@H]3C. The molecule has 3 aliphatic carbocycles. The number of hydrogen-bond donors (Lipinski definition) is 3. The van der Waals surface area contributed by atoms with Crippen molar-refractivity contribution < 1.29 is 43.0 Å². The van der Waals surface area contributed by atoms with Crippen molar-refractivity contribution in [3.8, 4) is 5.75 Å². The Morgan fingerprint density at radius 2 is 1.98 bits per heavy atom. The largest absolute Gasteiger partial charge is 0.494 e. The van der Waals surface area contributed by atoms with Gasteiger partial charge in [-0.15, -0.1) is 0 Å². The second-order valence-electron chi connectivity index (χ2n) is 13.4. The Labute approximate surface area is 240 Å². The number of aliphatic hydroxyl groups is 1. The summed E-state index contributed by atoms with van der Waals surface area (Å²) in [5.74, 6) is -2.63. The van der Waals surface area contributed by atoms with E-state index in [4.69, 9.17) is 19.9 Å². The van der Waals surface area contributed by atoms with Crippen LogP contribution in [0.4, 0.5) is 4.39 Å². The monoisotopic (exact) mass is 573 g/mol. The maximum atomic E-state index is 15.0. The molecule has 1 aromatic carbocycles. The average Bonchev–Trinajstić information content (AvgIpc) is 3.48. The fourth-order valence-electron chi connectivity index (χ4n) is 8.71. The molecule has 4 aliphatic rings. The van der Waals surface area contributed by atoms with Gasteiger partial charge in [-0.3, -0.25) is 9.59 Å². The van der Waals surface area contributed by atoms with Crippen LogP contribution in [0.3, 0.4) is 0 Å². The first kappa shape index (κ1) is 30.0. The molecule has 5 rings (SSSR count). The number of ether oxygens (including phenoxy) is 2. The molecule has 224 valence electrons. The summed E-state index contributed by atoms with van der Waals surface area (Å²) in [6.07, 6.45) is 1.70. The van der Waals surface area contributed by atoms with Crippen LogP contribution < -0.4 is 15.9 Å². The fourth-order valence-corrected chi connectivity index (χ4v) is 8.71. The van der Waals surface area contributed by atoms with Crippen molar-refractivity contribution in [3.05, 3.63) is 23.5 Å². The number of hydrogen-bond acceptors (Lipinski definition) is 8. The van der Waals surface area contributed by atoms with Crippen LogP contribution in [0.15, 0.2) is 12.1 Å². The van der Waals surface area contributed by atoms with E-state index in [0.717, 1.165) is 12.8 Å². The van der Waals surface area contributed by atoms with E-state index in [9.17, 15) is 24.5 Å². The van der Waals surface area contributed by atoms with Gasteiger partial charge >= 0.3 is 13.1 Å². The molecule has 0 aromatic heterocycles. The molecule has 2 bridgehead atoms. The van der Waals surface area contributed by atoms with Gasteiger partial charge in [0.2, 0.25) is 5.91 Å². The van der Waals surface area contributed by atoms with Crippen LogP contribution in [0.5, 0.6) is 5.75 Å². The third kappa shape index (κ3) is 4.78. The number of amides is 1. The van der Waals surface area contributed by atoms with Gasteiger partial charge in [-0.1, -0.05) is 33.8 Å². The van der Waals surface area contributed by atoms with Crippen LogP contribution in [-0.4, -0.2) is 53.7 Å². The van der Waals surface area contributed by atoms with Crippen molar-refractivity contribution >= 4 is 30.2 Å². The first-order valence-corrected chi connectivity index (χ1v) is 14.7. The maximum Gasteiger partial charge on any atom is 0.494 e. The zero-order chi connectivity index (χ0) is 29.9. The molecule has 1 amide bonds. The van der Waals surface area contributed by atoms with Crippen molar-refractivity contribution in [2.24, 2.45) is 39.7 Å². The van der Waals surface area contributed by atoms with Gasteiger partial charge in [-0.2, -0.15) is 0 Å². The number of nitrogens with two attached hydrogens (primary N) is 1. The molecule has 0 saturated heterocycles. The quantitative estimate of drug-likeness (QED) is 0.333. The van der Waals surface area contributed by atoms with E-state index in [1.807, 2.05) is 20.8 Å². The average molecular weight is 573 g/mol. The smallest absolute Gasteiger partial charge is 0.479 e. The van der Waals surface area contributed by atoms with Gasteiger partial charge in [0.05, 0.1) is 12.7 Å². The minimum atomic E-state index is -1.40. The van der Waals surface area contributed by atoms with Gasteiger partial charge in [-0.25, -0.2) is 9.18 Å². The molecule has 0 radical (unpaired) electrons. The minimum absolute atomic E-state index is 0.0103.